The maximum absolute atomic E-state index is 12.8. The van der Waals surface area contributed by atoms with Crippen molar-refractivity contribution in [2.75, 3.05) is 18.8 Å². The van der Waals surface area contributed by atoms with Gasteiger partial charge in [-0.25, -0.2) is 8.42 Å². The number of sulfone groups is 1. The van der Waals surface area contributed by atoms with Crippen LogP contribution in [0.4, 0.5) is 0 Å². The zero-order valence-electron chi connectivity index (χ0n) is 14.3. The predicted molar refractivity (Wildman–Crippen MR) is 102 cm³/mol. The number of hydrogen-bond acceptors (Lipinski definition) is 4. The van der Waals surface area contributed by atoms with Gasteiger partial charge in [-0.3, -0.25) is 4.79 Å². The van der Waals surface area contributed by atoms with Crippen LogP contribution < -0.4 is 0 Å². The highest BCUT2D eigenvalue weighted by Gasteiger charge is 2.33. The van der Waals surface area contributed by atoms with Crippen LogP contribution >= 0.6 is 11.3 Å². The minimum absolute atomic E-state index is 0.0230. The summed E-state index contributed by atoms with van der Waals surface area (Å²) in [6.07, 6.45) is 2.53. The first kappa shape index (κ1) is 18.1. The lowest BCUT2D eigenvalue weighted by atomic mass is 10.1. The Bertz CT molecular complexity index is 811. The summed E-state index contributed by atoms with van der Waals surface area (Å²) in [6.45, 7) is 2.86. The molecule has 4 nitrogen and oxygen atoms in total. The molecule has 2 heterocycles. The molecule has 0 radical (unpaired) electrons. The number of nitrogens with zero attached hydrogens (tertiary/aromatic N) is 1. The van der Waals surface area contributed by atoms with Gasteiger partial charge in [0.25, 0.3) is 5.91 Å². The second-order valence-electron chi connectivity index (χ2n) is 6.40. The monoisotopic (exact) mass is 377 g/mol. The molecule has 0 N–H and O–H groups in total. The van der Waals surface area contributed by atoms with E-state index < -0.39 is 15.1 Å². The van der Waals surface area contributed by atoms with Crippen LogP contribution in [0.5, 0.6) is 0 Å². The Morgan fingerprint density at radius 1 is 1.20 bits per heavy atom. The first-order chi connectivity index (χ1) is 12.0. The summed E-state index contributed by atoms with van der Waals surface area (Å²) in [5.74, 6) is -0.0556. The standard InChI is InChI=1S/C19H23NO3S2/c1-2-4-15-6-8-16(9-7-15)19(21)20-11-10-18(17-5-3-13-24-17)25(22,23)14-12-20/h3,5-9,13,18H,2,4,10-12,14H2,1H3. The van der Waals surface area contributed by atoms with E-state index in [1.807, 2.05) is 41.8 Å². The Labute approximate surface area is 153 Å². The largest absolute Gasteiger partial charge is 0.338 e. The van der Waals surface area contributed by atoms with E-state index in [1.165, 1.54) is 16.9 Å². The molecule has 1 fully saturated rings. The SMILES string of the molecule is CCCc1ccc(C(=O)N2CCC(c3cccs3)S(=O)(=O)CC2)cc1. The van der Waals surface area contributed by atoms with Crippen molar-refractivity contribution in [1.29, 1.82) is 0 Å². The molecule has 1 aliphatic heterocycles. The lowest BCUT2D eigenvalue weighted by molar-refractivity contribution is 0.0766. The third-order valence-electron chi connectivity index (χ3n) is 4.63. The Morgan fingerprint density at radius 2 is 1.96 bits per heavy atom. The van der Waals surface area contributed by atoms with Gasteiger partial charge >= 0.3 is 0 Å². The van der Waals surface area contributed by atoms with Crippen LogP contribution in [0.2, 0.25) is 0 Å². The molecule has 1 aromatic heterocycles. The zero-order chi connectivity index (χ0) is 17.9. The van der Waals surface area contributed by atoms with Crippen LogP contribution in [0, 0.1) is 0 Å². The van der Waals surface area contributed by atoms with Gasteiger partial charge in [0, 0.05) is 23.5 Å². The lowest BCUT2D eigenvalue weighted by Crippen LogP contribution is -2.33. The van der Waals surface area contributed by atoms with E-state index in [0.717, 1.165) is 17.7 Å². The van der Waals surface area contributed by atoms with E-state index in [-0.39, 0.29) is 18.2 Å². The molecule has 25 heavy (non-hydrogen) atoms. The molecule has 2 aromatic rings. The third kappa shape index (κ3) is 4.12. The normalized spacial score (nSPS) is 20.2. The van der Waals surface area contributed by atoms with Crippen molar-refractivity contribution in [1.82, 2.24) is 4.90 Å². The molecule has 1 aliphatic rings. The fraction of sp³-hybridized carbons (Fsp3) is 0.421. The van der Waals surface area contributed by atoms with Crippen molar-refractivity contribution in [3.05, 3.63) is 57.8 Å². The van der Waals surface area contributed by atoms with Gasteiger partial charge in [-0.15, -0.1) is 11.3 Å². The van der Waals surface area contributed by atoms with Crippen LogP contribution in [-0.2, 0) is 16.3 Å². The van der Waals surface area contributed by atoms with Gasteiger partial charge in [0.1, 0.15) is 0 Å². The maximum Gasteiger partial charge on any atom is 0.253 e. The second kappa shape index (κ2) is 7.70. The van der Waals surface area contributed by atoms with E-state index in [4.69, 9.17) is 0 Å². The first-order valence-corrected chi connectivity index (χ1v) is 11.2. The molecule has 0 aliphatic carbocycles. The molecule has 0 bridgehead atoms. The molecular formula is C19H23NO3S2. The molecule has 1 atom stereocenters. The van der Waals surface area contributed by atoms with Crippen molar-refractivity contribution in [3.63, 3.8) is 0 Å². The van der Waals surface area contributed by atoms with Gasteiger partial charge in [0.15, 0.2) is 9.84 Å². The highest BCUT2D eigenvalue weighted by Crippen LogP contribution is 2.32. The average molecular weight is 378 g/mol. The van der Waals surface area contributed by atoms with E-state index in [1.54, 1.807) is 4.90 Å². The Hall–Kier alpha value is -1.66. The van der Waals surface area contributed by atoms with Gasteiger partial charge in [0.05, 0.1) is 11.0 Å². The minimum Gasteiger partial charge on any atom is -0.338 e. The first-order valence-electron chi connectivity index (χ1n) is 8.64. The summed E-state index contributed by atoms with van der Waals surface area (Å²) in [7, 11) is -3.23. The number of carbonyl (C=O) groups excluding carboxylic acids is 1. The van der Waals surface area contributed by atoms with Crippen molar-refractivity contribution in [2.45, 2.75) is 31.4 Å². The number of aryl methyl sites for hydroxylation is 1. The Morgan fingerprint density at radius 3 is 2.60 bits per heavy atom. The number of benzene rings is 1. The summed E-state index contributed by atoms with van der Waals surface area (Å²) in [5.41, 5.74) is 1.85. The van der Waals surface area contributed by atoms with Crippen molar-refractivity contribution >= 4 is 27.1 Å². The van der Waals surface area contributed by atoms with Crippen molar-refractivity contribution in [2.24, 2.45) is 0 Å². The molecule has 1 amide bonds. The summed E-state index contributed by atoms with van der Waals surface area (Å²) < 4.78 is 25.2. The van der Waals surface area contributed by atoms with Gasteiger partial charge in [-0.2, -0.15) is 0 Å². The van der Waals surface area contributed by atoms with Gasteiger partial charge in [0.2, 0.25) is 0 Å². The van der Waals surface area contributed by atoms with E-state index in [9.17, 15) is 13.2 Å². The van der Waals surface area contributed by atoms with Gasteiger partial charge in [-0.1, -0.05) is 31.5 Å². The van der Waals surface area contributed by atoms with E-state index in [0.29, 0.717) is 18.5 Å². The Kier molecular flexibility index (Phi) is 5.59. The number of hydrogen-bond donors (Lipinski definition) is 0. The van der Waals surface area contributed by atoms with Gasteiger partial charge < -0.3 is 4.90 Å². The summed E-state index contributed by atoms with van der Waals surface area (Å²) in [5, 5.41) is 1.41. The maximum atomic E-state index is 12.8. The van der Waals surface area contributed by atoms with Crippen LogP contribution in [0.1, 0.15) is 45.8 Å². The quantitative estimate of drug-likeness (QED) is 0.816. The van der Waals surface area contributed by atoms with Crippen LogP contribution in [0.3, 0.4) is 0 Å². The predicted octanol–water partition coefficient (Wildman–Crippen LogP) is 3.70. The fourth-order valence-electron chi connectivity index (χ4n) is 3.23. The van der Waals surface area contributed by atoms with Gasteiger partial charge in [-0.05, 0) is 42.0 Å². The average Bonchev–Trinajstić information content (AvgIpc) is 3.07. The van der Waals surface area contributed by atoms with E-state index >= 15 is 0 Å². The molecule has 0 saturated carbocycles. The summed E-state index contributed by atoms with van der Waals surface area (Å²) in [6, 6.07) is 11.4. The van der Waals surface area contributed by atoms with Crippen LogP contribution in [0.15, 0.2) is 41.8 Å². The molecule has 1 unspecified atom stereocenters. The molecule has 134 valence electrons. The number of thiophene rings is 1. The molecular weight excluding hydrogens is 354 g/mol. The number of amides is 1. The molecule has 1 aromatic carbocycles. The molecule has 6 heteroatoms. The number of carbonyl (C=O) groups is 1. The van der Waals surface area contributed by atoms with Crippen LogP contribution in [0.25, 0.3) is 0 Å². The highest BCUT2D eigenvalue weighted by molar-refractivity contribution is 7.91. The van der Waals surface area contributed by atoms with E-state index in [2.05, 4.69) is 6.92 Å². The minimum atomic E-state index is -3.23. The molecule has 3 rings (SSSR count). The van der Waals surface area contributed by atoms with Crippen LogP contribution in [-0.4, -0.2) is 38.1 Å². The Balaban J connectivity index is 1.74. The smallest absolute Gasteiger partial charge is 0.253 e. The van der Waals surface area contributed by atoms with Crippen molar-refractivity contribution < 1.29 is 13.2 Å². The lowest BCUT2D eigenvalue weighted by Gasteiger charge is -2.20. The zero-order valence-corrected chi connectivity index (χ0v) is 16.0. The summed E-state index contributed by atoms with van der Waals surface area (Å²) >= 11 is 1.47. The molecule has 0 spiro atoms. The molecule has 1 saturated heterocycles. The highest BCUT2D eigenvalue weighted by atomic mass is 32.2. The summed E-state index contributed by atoms with van der Waals surface area (Å²) in [4.78, 5) is 15.3. The number of rotatable bonds is 4. The topological polar surface area (TPSA) is 54.5 Å². The third-order valence-corrected chi connectivity index (χ3v) is 7.87. The van der Waals surface area contributed by atoms with Crippen molar-refractivity contribution in [3.8, 4) is 0 Å². The fourth-order valence-corrected chi connectivity index (χ4v) is 6.23. The second-order valence-corrected chi connectivity index (χ2v) is 9.68.